The van der Waals surface area contributed by atoms with E-state index in [2.05, 4.69) is 20.7 Å². The number of hydrogen-bond donors (Lipinski definition) is 2. The van der Waals surface area contributed by atoms with Gasteiger partial charge in [0.1, 0.15) is 28.9 Å². The third kappa shape index (κ3) is 4.95. The summed E-state index contributed by atoms with van der Waals surface area (Å²) in [4.78, 5) is 17.2. The fourth-order valence-electron chi connectivity index (χ4n) is 4.69. The van der Waals surface area contributed by atoms with E-state index >= 15 is 0 Å². The van der Waals surface area contributed by atoms with Crippen LogP contribution in [0, 0.1) is 11.7 Å². The zero-order valence-corrected chi connectivity index (χ0v) is 22.3. The minimum atomic E-state index is -1.02. The maximum Gasteiger partial charge on any atom is 0.257 e. The number of epoxide rings is 1. The molecule has 1 aliphatic heterocycles. The van der Waals surface area contributed by atoms with E-state index in [9.17, 15) is 9.18 Å². The van der Waals surface area contributed by atoms with Gasteiger partial charge in [0.2, 0.25) is 0 Å². The number of benzene rings is 3. The second kappa shape index (κ2) is 9.70. The molecule has 2 heterocycles. The van der Waals surface area contributed by atoms with E-state index in [4.69, 9.17) is 51.1 Å². The van der Waals surface area contributed by atoms with Gasteiger partial charge >= 0.3 is 0 Å². The summed E-state index contributed by atoms with van der Waals surface area (Å²) < 4.78 is 19.7. The van der Waals surface area contributed by atoms with Crippen molar-refractivity contribution in [2.24, 2.45) is 5.92 Å². The van der Waals surface area contributed by atoms with Crippen LogP contribution < -0.4 is 10.6 Å². The number of nitrogens with one attached hydrogen (secondary N) is 2. The Labute approximate surface area is 236 Å². The molecule has 3 aromatic carbocycles. The Kier molecular flexibility index (Phi) is 6.48. The van der Waals surface area contributed by atoms with Crippen molar-refractivity contribution in [2.75, 3.05) is 10.6 Å². The summed E-state index contributed by atoms with van der Waals surface area (Å²) in [6.45, 7) is 0. The standard InChI is InChI=1S/C26H18Cl4FN5O2/c27-14-7-13(8-15(28)9-14)21-22(26(21,29)30)23-25(38-23)35-18-5-6-20(36-12-32-11-33-36)19(10-18)24(37)34-17-3-1-16(31)2-4-17/h1-12,21-23,25,35H,(H,34,37). The molecule has 1 aromatic heterocycles. The van der Waals surface area contributed by atoms with Gasteiger partial charge in [0.25, 0.3) is 5.91 Å². The van der Waals surface area contributed by atoms with Crippen molar-refractivity contribution < 1.29 is 13.9 Å². The van der Waals surface area contributed by atoms with Gasteiger partial charge in [-0.1, -0.05) is 23.2 Å². The Hall–Kier alpha value is -2.88. The molecule has 6 rings (SSSR count). The Balaban J connectivity index is 1.21. The number of aromatic nitrogens is 3. The molecule has 4 unspecified atom stereocenters. The van der Waals surface area contributed by atoms with Crippen molar-refractivity contribution in [1.82, 2.24) is 14.8 Å². The summed E-state index contributed by atoms with van der Waals surface area (Å²) in [6.07, 6.45) is 2.26. The highest BCUT2D eigenvalue weighted by Gasteiger charge is 2.72. The minimum absolute atomic E-state index is 0.173. The molecule has 2 fully saturated rings. The molecule has 0 bridgehead atoms. The van der Waals surface area contributed by atoms with Crippen LogP contribution in [0.2, 0.25) is 10.0 Å². The van der Waals surface area contributed by atoms with Crippen molar-refractivity contribution in [2.45, 2.75) is 22.6 Å². The SMILES string of the molecule is O=C(Nc1ccc(F)cc1)c1cc(NC2OC2C2C(c3cc(Cl)cc(Cl)c3)C2(Cl)Cl)ccc1-n1cncn1. The first-order valence-corrected chi connectivity index (χ1v) is 13.0. The number of amides is 1. The second-order valence-electron chi connectivity index (χ2n) is 9.08. The molecular formula is C26H18Cl4FN5O2. The predicted molar refractivity (Wildman–Crippen MR) is 145 cm³/mol. The van der Waals surface area contributed by atoms with Crippen LogP contribution in [-0.2, 0) is 4.74 Å². The minimum Gasteiger partial charge on any atom is -0.358 e. The number of nitrogens with zero attached hydrogens (tertiary/aromatic N) is 3. The first kappa shape index (κ1) is 25.4. The second-order valence-corrected chi connectivity index (χ2v) is 11.4. The van der Waals surface area contributed by atoms with Crippen molar-refractivity contribution in [1.29, 1.82) is 0 Å². The molecule has 0 radical (unpaired) electrons. The monoisotopic (exact) mass is 591 g/mol. The van der Waals surface area contributed by atoms with Crippen molar-refractivity contribution in [3.8, 4) is 5.69 Å². The average Bonchev–Trinajstić information content (AvgIpc) is 3.63. The fourth-order valence-corrected chi connectivity index (χ4v) is 6.13. The summed E-state index contributed by atoms with van der Waals surface area (Å²) in [5, 5.41) is 11.2. The molecule has 2 N–H and O–H groups in total. The first-order chi connectivity index (χ1) is 18.2. The van der Waals surface area contributed by atoms with Crippen molar-refractivity contribution >= 4 is 63.7 Å². The maximum absolute atomic E-state index is 13.3. The summed E-state index contributed by atoms with van der Waals surface area (Å²) in [5.74, 6) is -1.16. The fraction of sp³-hybridized carbons (Fsp3) is 0.192. The van der Waals surface area contributed by atoms with Gasteiger partial charge in [0.15, 0.2) is 6.23 Å². The van der Waals surface area contributed by atoms with Crippen LogP contribution in [0.25, 0.3) is 5.69 Å². The lowest BCUT2D eigenvalue weighted by atomic mass is 10.1. The third-order valence-electron chi connectivity index (χ3n) is 6.55. The van der Waals surface area contributed by atoms with Crippen LogP contribution in [0.5, 0.6) is 0 Å². The van der Waals surface area contributed by atoms with Crippen LogP contribution in [0.15, 0.2) is 73.3 Å². The largest absolute Gasteiger partial charge is 0.358 e. The van der Waals surface area contributed by atoms with Gasteiger partial charge in [-0.15, -0.1) is 23.2 Å². The van der Waals surface area contributed by atoms with E-state index in [1.807, 2.05) is 0 Å². The number of anilines is 2. The predicted octanol–water partition coefficient (Wildman–Crippen LogP) is 6.69. The molecule has 4 aromatic rings. The smallest absolute Gasteiger partial charge is 0.257 e. The Morgan fingerprint density at radius 3 is 2.39 bits per heavy atom. The highest BCUT2D eigenvalue weighted by atomic mass is 35.5. The number of halogens is 5. The maximum atomic E-state index is 13.3. The molecule has 1 saturated heterocycles. The van der Waals surface area contributed by atoms with Gasteiger partial charge in [0, 0.05) is 33.3 Å². The number of rotatable bonds is 7. The Morgan fingerprint density at radius 1 is 1.00 bits per heavy atom. The molecule has 194 valence electrons. The van der Waals surface area contributed by atoms with Crippen molar-refractivity contribution in [3.63, 3.8) is 0 Å². The molecule has 1 saturated carbocycles. The number of hydrogen-bond acceptors (Lipinski definition) is 5. The summed E-state index contributed by atoms with van der Waals surface area (Å²) >= 11 is 25.6. The first-order valence-electron chi connectivity index (χ1n) is 11.5. The van der Waals surface area contributed by atoms with E-state index in [1.54, 1.807) is 36.4 Å². The molecule has 38 heavy (non-hydrogen) atoms. The van der Waals surface area contributed by atoms with Gasteiger partial charge in [-0.2, -0.15) is 5.10 Å². The van der Waals surface area contributed by atoms with Crippen LogP contribution in [0.4, 0.5) is 15.8 Å². The van der Waals surface area contributed by atoms with E-state index in [0.717, 1.165) is 5.56 Å². The third-order valence-corrected chi connectivity index (χ3v) is 7.96. The summed E-state index contributed by atoms with van der Waals surface area (Å²) in [5.41, 5.74) is 2.78. The lowest BCUT2D eigenvalue weighted by Crippen LogP contribution is -2.17. The highest BCUT2D eigenvalue weighted by molar-refractivity contribution is 6.52. The van der Waals surface area contributed by atoms with E-state index < -0.39 is 16.1 Å². The Morgan fingerprint density at radius 2 is 1.71 bits per heavy atom. The normalized spacial score (nSPS) is 23.1. The van der Waals surface area contributed by atoms with Crippen LogP contribution in [-0.4, -0.2) is 37.3 Å². The highest BCUT2D eigenvalue weighted by Crippen LogP contribution is 2.69. The molecule has 4 atom stereocenters. The molecule has 1 aliphatic carbocycles. The molecule has 12 heteroatoms. The molecule has 7 nitrogen and oxygen atoms in total. The number of alkyl halides is 2. The zero-order chi connectivity index (χ0) is 26.6. The Bertz CT molecular complexity index is 1500. The van der Waals surface area contributed by atoms with E-state index in [1.165, 1.54) is 41.6 Å². The van der Waals surface area contributed by atoms with Crippen LogP contribution in [0.1, 0.15) is 21.8 Å². The quantitative estimate of drug-likeness (QED) is 0.184. The molecule has 2 aliphatic rings. The number of carbonyl (C=O) groups is 1. The summed E-state index contributed by atoms with van der Waals surface area (Å²) in [6, 6.07) is 16.0. The van der Waals surface area contributed by atoms with Gasteiger partial charge in [-0.05, 0) is 66.2 Å². The molecule has 0 spiro atoms. The van der Waals surface area contributed by atoms with Gasteiger partial charge in [0.05, 0.1) is 11.3 Å². The topological polar surface area (TPSA) is 84.4 Å². The van der Waals surface area contributed by atoms with Crippen LogP contribution in [0.3, 0.4) is 0 Å². The lowest BCUT2D eigenvalue weighted by Gasteiger charge is -2.13. The average molecular weight is 593 g/mol. The lowest BCUT2D eigenvalue weighted by molar-refractivity contribution is 0.102. The van der Waals surface area contributed by atoms with E-state index in [-0.39, 0.29) is 24.2 Å². The van der Waals surface area contributed by atoms with Crippen molar-refractivity contribution in [3.05, 3.63) is 100 Å². The number of ether oxygens (including phenoxy) is 1. The number of carbonyl (C=O) groups excluding carboxylic acids is 1. The summed E-state index contributed by atoms with van der Waals surface area (Å²) in [7, 11) is 0. The van der Waals surface area contributed by atoms with Gasteiger partial charge < -0.3 is 15.4 Å². The molecular weight excluding hydrogens is 575 g/mol. The van der Waals surface area contributed by atoms with E-state index in [0.29, 0.717) is 32.7 Å². The van der Waals surface area contributed by atoms with Gasteiger partial charge in [-0.25, -0.2) is 14.1 Å². The zero-order valence-electron chi connectivity index (χ0n) is 19.3. The van der Waals surface area contributed by atoms with Crippen LogP contribution >= 0.6 is 46.4 Å². The molecule has 1 amide bonds. The van der Waals surface area contributed by atoms with Gasteiger partial charge in [-0.3, -0.25) is 4.79 Å².